The molecule has 1 aromatic rings. The Labute approximate surface area is 222 Å². The van der Waals surface area contributed by atoms with E-state index in [2.05, 4.69) is 12.2 Å². The number of ether oxygens (including phenoxy) is 1. The summed E-state index contributed by atoms with van der Waals surface area (Å²) in [6, 6.07) is 7.74. The third-order valence-electron chi connectivity index (χ3n) is 6.67. The number of aliphatic carboxylic acids is 1. The zero-order valence-corrected chi connectivity index (χ0v) is 22.1. The highest BCUT2D eigenvalue weighted by molar-refractivity contribution is 5.94. The van der Waals surface area contributed by atoms with Gasteiger partial charge in [0.05, 0.1) is 6.61 Å². The summed E-state index contributed by atoms with van der Waals surface area (Å²) in [6.45, 7) is 6.56. The number of carbonyl (C=O) groups excluding carboxylic acids is 2. The molecular weight excluding hydrogens is 503 g/mol. The molecule has 2 N–H and O–H groups in total. The van der Waals surface area contributed by atoms with Crippen LogP contribution in [-0.2, 0) is 9.59 Å². The highest BCUT2D eigenvalue weighted by atomic mass is 19.4. The minimum Gasteiger partial charge on any atom is -0.494 e. The van der Waals surface area contributed by atoms with Crippen LogP contribution in [0.4, 0.5) is 13.2 Å². The summed E-state index contributed by atoms with van der Waals surface area (Å²) >= 11 is 0. The lowest BCUT2D eigenvalue weighted by Gasteiger charge is -2.33. The van der Waals surface area contributed by atoms with E-state index in [1.165, 1.54) is 12.8 Å². The van der Waals surface area contributed by atoms with Gasteiger partial charge in [0.15, 0.2) is 0 Å². The summed E-state index contributed by atoms with van der Waals surface area (Å²) in [5.74, 6) is -1.75. The van der Waals surface area contributed by atoms with E-state index in [-0.39, 0.29) is 17.9 Å². The van der Waals surface area contributed by atoms with Crippen molar-refractivity contribution in [2.45, 2.75) is 76.9 Å². The van der Waals surface area contributed by atoms with Gasteiger partial charge in [0.2, 0.25) is 5.91 Å². The summed E-state index contributed by atoms with van der Waals surface area (Å²) in [7, 11) is 0. The first-order valence-corrected chi connectivity index (χ1v) is 13.5. The lowest BCUT2D eigenvalue weighted by Crippen LogP contribution is -2.48. The first kappa shape index (κ1) is 31.4. The Hall–Kier alpha value is -2.82. The first-order valence-electron chi connectivity index (χ1n) is 13.5. The van der Waals surface area contributed by atoms with E-state index in [0.717, 1.165) is 70.5 Å². The molecule has 2 amide bonds. The Balaban J connectivity index is 0.000000638. The lowest BCUT2D eigenvalue weighted by atomic mass is 10.0. The fraction of sp³-hybridized carbons (Fsp3) is 0.667. The average Bonchev–Trinajstić information content (AvgIpc) is 3.19. The van der Waals surface area contributed by atoms with E-state index < -0.39 is 12.1 Å². The summed E-state index contributed by atoms with van der Waals surface area (Å²) in [4.78, 5) is 39.0. The molecule has 0 aromatic heterocycles. The number of nitrogens with zero attached hydrogens (tertiary/aromatic N) is 2. The Morgan fingerprint density at radius 2 is 1.63 bits per heavy atom. The van der Waals surface area contributed by atoms with Crippen molar-refractivity contribution in [2.75, 3.05) is 39.3 Å². The van der Waals surface area contributed by atoms with Gasteiger partial charge in [-0.25, -0.2) is 4.79 Å². The Kier molecular flexibility index (Phi) is 13.4. The second-order valence-corrected chi connectivity index (χ2v) is 9.55. The number of unbranched alkanes of at least 4 members (excludes halogenated alkanes) is 1. The van der Waals surface area contributed by atoms with Crippen molar-refractivity contribution in [1.29, 1.82) is 0 Å². The molecular formula is C27H40F3N3O5. The lowest BCUT2D eigenvalue weighted by molar-refractivity contribution is -0.192. The van der Waals surface area contributed by atoms with Gasteiger partial charge in [-0.05, 0) is 43.5 Å². The van der Waals surface area contributed by atoms with Crippen LogP contribution in [-0.4, -0.2) is 84.2 Å². The van der Waals surface area contributed by atoms with E-state index in [4.69, 9.17) is 14.6 Å². The number of nitrogens with one attached hydrogen (secondary N) is 1. The zero-order valence-electron chi connectivity index (χ0n) is 22.1. The molecule has 2 aliphatic rings. The van der Waals surface area contributed by atoms with Crippen molar-refractivity contribution >= 4 is 17.8 Å². The maximum absolute atomic E-state index is 13.5. The molecule has 1 aromatic carbocycles. The quantitative estimate of drug-likeness (QED) is 0.352. The number of amides is 2. The number of benzene rings is 1. The van der Waals surface area contributed by atoms with Gasteiger partial charge in [-0.3, -0.25) is 9.59 Å². The number of carbonyl (C=O) groups is 3. The number of hydrogen-bond acceptors (Lipinski definition) is 5. The molecule has 8 nitrogen and oxygen atoms in total. The highest BCUT2D eigenvalue weighted by Crippen LogP contribution is 2.25. The van der Waals surface area contributed by atoms with Gasteiger partial charge < -0.3 is 25.0 Å². The van der Waals surface area contributed by atoms with Crippen LogP contribution in [0.1, 0.15) is 75.1 Å². The minimum absolute atomic E-state index is 0.0418. The smallest absolute Gasteiger partial charge is 0.490 e. The molecule has 1 aliphatic heterocycles. The van der Waals surface area contributed by atoms with Crippen molar-refractivity contribution in [3.05, 3.63) is 29.8 Å². The standard InChI is InChI=1S/C25H39N3O3.C2HF3O2/c1-2-3-20-31-23-12-10-21(11-13-23)25(30)28(22-8-6-4-5-7-9-22)17-14-24(29)27-18-15-26-16-19-27;3-2(4,5)1(6)7/h10-13,22,26H,2-9,14-20H2,1H3;(H,6,7). The summed E-state index contributed by atoms with van der Waals surface area (Å²) in [5, 5.41) is 10.4. The van der Waals surface area contributed by atoms with Crippen molar-refractivity contribution in [3.63, 3.8) is 0 Å². The maximum Gasteiger partial charge on any atom is 0.490 e. The SMILES string of the molecule is CCCCOc1ccc(C(=O)N(CCC(=O)N2CCNCC2)C2CCCCCC2)cc1.O=C(O)C(F)(F)F. The number of carboxylic acid groups (broad SMARTS) is 1. The number of alkyl halides is 3. The number of piperazine rings is 1. The van der Waals surface area contributed by atoms with Crippen molar-refractivity contribution in [2.24, 2.45) is 0 Å². The van der Waals surface area contributed by atoms with Gasteiger partial charge >= 0.3 is 12.1 Å². The predicted octanol–water partition coefficient (Wildman–Crippen LogP) is 4.49. The first-order chi connectivity index (χ1) is 18.1. The van der Waals surface area contributed by atoms with Gasteiger partial charge in [0.25, 0.3) is 5.91 Å². The molecule has 0 unspecified atom stereocenters. The monoisotopic (exact) mass is 543 g/mol. The summed E-state index contributed by atoms with van der Waals surface area (Å²) < 4.78 is 37.5. The van der Waals surface area contributed by atoms with E-state index >= 15 is 0 Å². The molecule has 11 heteroatoms. The number of halogens is 3. The van der Waals surface area contributed by atoms with Gasteiger partial charge in [-0.2, -0.15) is 13.2 Å². The van der Waals surface area contributed by atoms with Crippen LogP contribution in [0.3, 0.4) is 0 Å². The molecule has 38 heavy (non-hydrogen) atoms. The largest absolute Gasteiger partial charge is 0.494 e. The Bertz CT molecular complexity index is 866. The molecule has 2 fully saturated rings. The summed E-state index contributed by atoms with van der Waals surface area (Å²) in [5.41, 5.74) is 0.682. The molecule has 1 heterocycles. The molecule has 0 radical (unpaired) electrons. The molecule has 1 aliphatic carbocycles. The highest BCUT2D eigenvalue weighted by Gasteiger charge is 2.38. The van der Waals surface area contributed by atoms with Gasteiger partial charge in [0, 0.05) is 50.7 Å². The topological polar surface area (TPSA) is 99.2 Å². The van der Waals surface area contributed by atoms with Gasteiger partial charge in [0.1, 0.15) is 5.75 Å². The van der Waals surface area contributed by atoms with Crippen LogP contribution >= 0.6 is 0 Å². The van der Waals surface area contributed by atoms with Crippen molar-refractivity contribution in [3.8, 4) is 5.75 Å². The van der Waals surface area contributed by atoms with E-state index in [1.54, 1.807) is 0 Å². The van der Waals surface area contributed by atoms with Crippen LogP contribution in [0.25, 0.3) is 0 Å². The van der Waals surface area contributed by atoms with Crippen LogP contribution in [0.5, 0.6) is 5.75 Å². The van der Waals surface area contributed by atoms with E-state index in [9.17, 15) is 22.8 Å². The fourth-order valence-electron chi connectivity index (χ4n) is 4.50. The Morgan fingerprint density at radius 3 is 2.16 bits per heavy atom. The number of hydrogen-bond donors (Lipinski definition) is 2. The van der Waals surface area contributed by atoms with Crippen LogP contribution in [0, 0.1) is 0 Å². The third kappa shape index (κ3) is 10.9. The molecule has 1 saturated heterocycles. The van der Waals surface area contributed by atoms with Crippen LogP contribution in [0.15, 0.2) is 24.3 Å². The zero-order chi connectivity index (χ0) is 28.0. The second-order valence-electron chi connectivity index (χ2n) is 9.55. The average molecular weight is 544 g/mol. The Morgan fingerprint density at radius 1 is 1.05 bits per heavy atom. The molecule has 1 saturated carbocycles. The molecule has 0 atom stereocenters. The van der Waals surface area contributed by atoms with Gasteiger partial charge in [-0.1, -0.05) is 39.0 Å². The fourth-order valence-corrected chi connectivity index (χ4v) is 4.50. The minimum atomic E-state index is -5.08. The van der Waals surface area contributed by atoms with E-state index in [0.29, 0.717) is 25.1 Å². The molecule has 0 bridgehead atoms. The van der Waals surface area contributed by atoms with E-state index in [1.807, 2.05) is 34.1 Å². The predicted molar refractivity (Wildman–Crippen MR) is 137 cm³/mol. The number of carboxylic acids is 1. The normalized spacial score (nSPS) is 16.6. The molecule has 214 valence electrons. The van der Waals surface area contributed by atoms with Crippen LogP contribution in [0.2, 0.25) is 0 Å². The third-order valence-corrected chi connectivity index (χ3v) is 6.67. The van der Waals surface area contributed by atoms with Crippen LogP contribution < -0.4 is 10.1 Å². The van der Waals surface area contributed by atoms with Crippen molar-refractivity contribution < 1.29 is 37.4 Å². The second kappa shape index (κ2) is 16.2. The molecule has 3 rings (SSSR count). The van der Waals surface area contributed by atoms with Crippen molar-refractivity contribution in [1.82, 2.24) is 15.1 Å². The molecule has 0 spiro atoms. The number of rotatable bonds is 9. The summed E-state index contributed by atoms with van der Waals surface area (Å²) in [6.07, 6.45) is 4.30. The maximum atomic E-state index is 13.5. The van der Waals surface area contributed by atoms with Gasteiger partial charge in [-0.15, -0.1) is 0 Å².